The molecule has 7 nitrogen and oxygen atoms in total. The Kier molecular flexibility index (Phi) is 5.50. The van der Waals surface area contributed by atoms with E-state index in [-0.39, 0.29) is 5.49 Å². The molecule has 0 unspecified atom stereocenters. The van der Waals surface area contributed by atoms with Crippen LogP contribution in [0.1, 0.15) is 5.56 Å². The zero-order chi connectivity index (χ0) is 21.1. The van der Waals surface area contributed by atoms with Crippen molar-refractivity contribution in [1.82, 2.24) is 14.1 Å². The van der Waals surface area contributed by atoms with E-state index in [1.54, 1.807) is 0 Å². The first-order chi connectivity index (χ1) is 14.6. The molecular weight excluding hydrogens is 380 g/mol. The SMILES string of the molecule is N=c1c2c(-c3ccccc3)cn(Cc3ccccc3)c2ncn1C(CO)(CO)CO. The minimum atomic E-state index is -1.41. The van der Waals surface area contributed by atoms with Gasteiger partial charge in [0, 0.05) is 18.3 Å². The van der Waals surface area contributed by atoms with E-state index in [4.69, 9.17) is 5.41 Å². The van der Waals surface area contributed by atoms with Crippen LogP contribution in [0.3, 0.4) is 0 Å². The summed E-state index contributed by atoms with van der Waals surface area (Å²) >= 11 is 0. The summed E-state index contributed by atoms with van der Waals surface area (Å²) in [6.45, 7) is -0.967. The maximum absolute atomic E-state index is 9.86. The standard InChI is InChI=1S/C23H24N4O3/c24-21-20-19(18-9-5-2-6-10-18)12-26(11-17-7-3-1-4-8-17)22(20)25-16-27(21)23(13-28,14-29)15-30/h1-10,12,16,24,28-30H,11,13-15H2. The Balaban J connectivity index is 1.98. The maximum Gasteiger partial charge on any atom is 0.146 e. The monoisotopic (exact) mass is 404 g/mol. The molecule has 0 bridgehead atoms. The molecule has 2 aromatic carbocycles. The van der Waals surface area contributed by atoms with Gasteiger partial charge in [0.05, 0.1) is 31.5 Å². The van der Waals surface area contributed by atoms with Crippen LogP contribution in [0, 0.1) is 5.41 Å². The van der Waals surface area contributed by atoms with Gasteiger partial charge in [0.15, 0.2) is 0 Å². The van der Waals surface area contributed by atoms with E-state index >= 15 is 0 Å². The Bertz CT molecular complexity index is 1190. The van der Waals surface area contributed by atoms with Gasteiger partial charge in [-0.1, -0.05) is 60.7 Å². The lowest BCUT2D eigenvalue weighted by Crippen LogP contribution is -2.50. The number of rotatable bonds is 7. The number of hydrogen-bond acceptors (Lipinski definition) is 5. The smallest absolute Gasteiger partial charge is 0.146 e. The highest BCUT2D eigenvalue weighted by Gasteiger charge is 2.32. The number of benzene rings is 2. The number of aromatic nitrogens is 3. The largest absolute Gasteiger partial charge is 0.394 e. The molecule has 4 aromatic rings. The number of aliphatic hydroxyl groups excluding tert-OH is 3. The third-order valence-corrected chi connectivity index (χ3v) is 5.50. The summed E-state index contributed by atoms with van der Waals surface area (Å²) in [5, 5.41) is 39.0. The van der Waals surface area contributed by atoms with Crippen molar-refractivity contribution < 1.29 is 15.3 Å². The van der Waals surface area contributed by atoms with Crippen LogP contribution in [-0.4, -0.2) is 49.3 Å². The van der Waals surface area contributed by atoms with E-state index in [0.717, 1.165) is 16.7 Å². The van der Waals surface area contributed by atoms with Crippen LogP contribution in [0.4, 0.5) is 0 Å². The minimum absolute atomic E-state index is 0.0721. The van der Waals surface area contributed by atoms with E-state index < -0.39 is 25.4 Å². The first-order valence-corrected chi connectivity index (χ1v) is 9.71. The number of fused-ring (bicyclic) bond motifs is 1. The molecule has 0 amide bonds. The number of nitrogens with zero attached hydrogens (tertiary/aromatic N) is 3. The highest BCUT2D eigenvalue weighted by molar-refractivity contribution is 5.93. The highest BCUT2D eigenvalue weighted by Crippen LogP contribution is 2.28. The van der Waals surface area contributed by atoms with Crippen molar-refractivity contribution in [3.8, 4) is 11.1 Å². The van der Waals surface area contributed by atoms with Crippen molar-refractivity contribution in [2.24, 2.45) is 0 Å². The fourth-order valence-electron chi connectivity index (χ4n) is 3.68. The van der Waals surface area contributed by atoms with Gasteiger partial charge in [0.25, 0.3) is 0 Å². The molecule has 7 heteroatoms. The molecule has 2 aromatic heterocycles. The van der Waals surface area contributed by atoms with Crippen molar-refractivity contribution >= 4 is 11.0 Å². The number of hydrogen-bond donors (Lipinski definition) is 4. The van der Waals surface area contributed by atoms with Crippen LogP contribution in [0.2, 0.25) is 0 Å². The Labute approximate surface area is 173 Å². The fraction of sp³-hybridized carbons (Fsp3) is 0.217. The van der Waals surface area contributed by atoms with Gasteiger partial charge in [-0.2, -0.15) is 0 Å². The molecule has 0 saturated carbocycles. The zero-order valence-electron chi connectivity index (χ0n) is 16.4. The van der Waals surface area contributed by atoms with Gasteiger partial charge in [-0.15, -0.1) is 0 Å². The van der Waals surface area contributed by atoms with Gasteiger partial charge in [-0.25, -0.2) is 4.98 Å². The molecule has 4 rings (SSSR count). The molecule has 0 aliphatic rings. The molecule has 4 N–H and O–H groups in total. The Morgan fingerprint density at radius 1 is 0.867 bits per heavy atom. The lowest BCUT2D eigenvalue weighted by Gasteiger charge is -2.30. The normalized spacial score (nSPS) is 11.8. The van der Waals surface area contributed by atoms with Gasteiger partial charge < -0.3 is 24.5 Å². The summed E-state index contributed by atoms with van der Waals surface area (Å²) in [7, 11) is 0. The van der Waals surface area contributed by atoms with Crippen LogP contribution >= 0.6 is 0 Å². The second-order valence-corrected chi connectivity index (χ2v) is 7.38. The minimum Gasteiger partial charge on any atom is -0.394 e. The molecule has 0 aliphatic heterocycles. The number of nitrogens with one attached hydrogen (secondary N) is 1. The third-order valence-electron chi connectivity index (χ3n) is 5.50. The summed E-state index contributed by atoms with van der Waals surface area (Å²) in [6.07, 6.45) is 3.38. The summed E-state index contributed by atoms with van der Waals surface area (Å²) < 4.78 is 3.35. The van der Waals surface area contributed by atoms with Crippen LogP contribution < -0.4 is 5.49 Å². The average Bonchev–Trinajstić information content (AvgIpc) is 3.17. The molecular formula is C23H24N4O3. The summed E-state index contributed by atoms with van der Waals surface area (Å²) in [5.74, 6) is 0. The molecule has 154 valence electrons. The average molecular weight is 404 g/mol. The van der Waals surface area contributed by atoms with Crippen LogP contribution in [0.15, 0.2) is 73.2 Å². The van der Waals surface area contributed by atoms with Crippen molar-refractivity contribution in [3.63, 3.8) is 0 Å². The van der Waals surface area contributed by atoms with Crippen molar-refractivity contribution in [2.75, 3.05) is 19.8 Å². The van der Waals surface area contributed by atoms with Crippen molar-refractivity contribution in [3.05, 3.63) is 84.2 Å². The maximum atomic E-state index is 9.86. The summed E-state index contributed by atoms with van der Waals surface area (Å²) in [6, 6.07) is 19.7. The van der Waals surface area contributed by atoms with Crippen LogP contribution in [-0.2, 0) is 12.1 Å². The molecule has 0 spiro atoms. The third kappa shape index (κ3) is 3.33. The molecule has 0 saturated heterocycles. The Morgan fingerprint density at radius 3 is 2.07 bits per heavy atom. The number of aliphatic hydroxyl groups is 3. The highest BCUT2D eigenvalue weighted by atomic mass is 16.3. The van der Waals surface area contributed by atoms with Gasteiger partial charge in [-0.05, 0) is 11.1 Å². The molecule has 30 heavy (non-hydrogen) atoms. The molecule has 0 aliphatic carbocycles. The summed E-state index contributed by atoms with van der Waals surface area (Å²) in [5.41, 5.74) is 2.16. The van der Waals surface area contributed by atoms with E-state index in [0.29, 0.717) is 17.6 Å². The quantitative estimate of drug-likeness (QED) is 0.376. The Hall–Kier alpha value is -3.26. The van der Waals surface area contributed by atoms with E-state index in [2.05, 4.69) is 4.98 Å². The fourth-order valence-corrected chi connectivity index (χ4v) is 3.68. The van der Waals surface area contributed by atoms with E-state index in [1.165, 1.54) is 10.9 Å². The van der Waals surface area contributed by atoms with Crippen molar-refractivity contribution in [2.45, 2.75) is 12.1 Å². The van der Waals surface area contributed by atoms with E-state index in [1.807, 2.05) is 71.4 Å². The second kappa shape index (κ2) is 8.23. The topological polar surface area (TPSA) is 107 Å². The van der Waals surface area contributed by atoms with Gasteiger partial charge >= 0.3 is 0 Å². The Morgan fingerprint density at radius 2 is 1.47 bits per heavy atom. The first kappa shape index (κ1) is 20.0. The van der Waals surface area contributed by atoms with Gasteiger partial charge in [-0.3, -0.25) is 5.41 Å². The first-order valence-electron chi connectivity index (χ1n) is 9.71. The van der Waals surface area contributed by atoms with Gasteiger partial charge in [0.1, 0.15) is 16.7 Å². The second-order valence-electron chi connectivity index (χ2n) is 7.38. The molecule has 0 radical (unpaired) electrons. The van der Waals surface area contributed by atoms with Crippen molar-refractivity contribution in [1.29, 1.82) is 5.41 Å². The molecule has 0 atom stereocenters. The predicted octanol–water partition coefficient (Wildman–Crippen LogP) is 1.70. The van der Waals surface area contributed by atoms with Crippen LogP contribution in [0.25, 0.3) is 22.2 Å². The lowest BCUT2D eigenvalue weighted by molar-refractivity contribution is 0.0117. The van der Waals surface area contributed by atoms with Crippen LogP contribution in [0.5, 0.6) is 0 Å². The predicted molar refractivity (Wildman–Crippen MR) is 114 cm³/mol. The van der Waals surface area contributed by atoms with E-state index in [9.17, 15) is 15.3 Å². The van der Waals surface area contributed by atoms with Gasteiger partial charge in [0.2, 0.25) is 0 Å². The lowest BCUT2D eigenvalue weighted by atomic mass is 10.0. The molecule has 0 fully saturated rings. The molecule has 2 heterocycles. The summed E-state index contributed by atoms with van der Waals surface area (Å²) in [4.78, 5) is 4.57. The zero-order valence-corrected chi connectivity index (χ0v) is 16.4.